The van der Waals surface area contributed by atoms with Gasteiger partial charge in [-0.2, -0.15) is 0 Å². The second-order valence-corrected chi connectivity index (χ2v) is 5.55. The van der Waals surface area contributed by atoms with Gasteiger partial charge in [-0.3, -0.25) is 0 Å². The van der Waals surface area contributed by atoms with Gasteiger partial charge in [-0.15, -0.1) is 0 Å². The summed E-state index contributed by atoms with van der Waals surface area (Å²) in [6.07, 6.45) is 3.85. The number of nitrogens with zero attached hydrogens (tertiary/aromatic N) is 1. The third kappa shape index (κ3) is 5.14. The van der Waals surface area contributed by atoms with Crippen LogP contribution in [0.15, 0.2) is 24.3 Å². The molecule has 20 heavy (non-hydrogen) atoms. The first-order chi connectivity index (χ1) is 9.83. The predicted octanol–water partition coefficient (Wildman–Crippen LogP) is 3.05. The molecule has 0 unspecified atom stereocenters. The van der Waals surface area contributed by atoms with Crippen molar-refractivity contribution in [1.82, 2.24) is 10.2 Å². The molecule has 0 heterocycles. The molecular weight excluding hydrogens is 248 g/mol. The highest BCUT2D eigenvalue weighted by Crippen LogP contribution is 2.22. The molecule has 1 aromatic rings. The van der Waals surface area contributed by atoms with Crippen molar-refractivity contribution in [2.24, 2.45) is 0 Å². The van der Waals surface area contributed by atoms with Gasteiger partial charge in [0.1, 0.15) is 12.4 Å². The molecule has 1 fully saturated rings. The summed E-state index contributed by atoms with van der Waals surface area (Å²) in [4.78, 5) is 2.44. The Labute approximate surface area is 123 Å². The molecule has 1 aliphatic rings. The number of hydrogen-bond acceptors (Lipinski definition) is 3. The Kier molecular flexibility index (Phi) is 6.34. The molecule has 1 aliphatic carbocycles. The minimum absolute atomic E-state index is 0.739. The minimum atomic E-state index is 0.739. The quantitative estimate of drug-likeness (QED) is 0.711. The van der Waals surface area contributed by atoms with Gasteiger partial charge < -0.3 is 15.0 Å². The average Bonchev–Trinajstić information content (AvgIpc) is 3.29. The van der Waals surface area contributed by atoms with Gasteiger partial charge in [-0.25, -0.2) is 0 Å². The number of likely N-dealkylation sites (N-methyl/N-ethyl adjacent to an activating group) is 1. The van der Waals surface area contributed by atoms with Gasteiger partial charge in [0, 0.05) is 24.7 Å². The van der Waals surface area contributed by atoms with E-state index < -0.39 is 0 Å². The monoisotopic (exact) mass is 276 g/mol. The van der Waals surface area contributed by atoms with E-state index in [1.807, 2.05) is 0 Å². The first-order valence-corrected chi connectivity index (χ1v) is 8.00. The zero-order chi connectivity index (χ0) is 14.2. The van der Waals surface area contributed by atoms with Gasteiger partial charge in [0.25, 0.3) is 0 Å². The standard InChI is InChI=1S/C17H28N2O/c1-3-11-19(4-2)12-13-20-17-8-6-5-7-15(17)14-18-16-9-10-16/h5-8,16,18H,3-4,9-14H2,1-2H3. The van der Waals surface area contributed by atoms with E-state index in [2.05, 4.69) is 48.3 Å². The van der Waals surface area contributed by atoms with Gasteiger partial charge in [-0.05, 0) is 38.4 Å². The summed E-state index contributed by atoms with van der Waals surface area (Å²) in [6, 6.07) is 9.13. The maximum atomic E-state index is 5.99. The minimum Gasteiger partial charge on any atom is -0.492 e. The fourth-order valence-electron chi connectivity index (χ4n) is 2.36. The molecule has 3 heteroatoms. The summed E-state index contributed by atoms with van der Waals surface area (Å²) in [5.41, 5.74) is 1.28. The molecule has 0 amide bonds. The van der Waals surface area contributed by atoms with Crippen molar-refractivity contribution in [3.8, 4) is 5.75 Å². The van der Waals surface area contributed by atoms with Crippen LogP contribution in [0.2, 0.25) is 0 Å². The second kappa shape index (κ2) is 8.28. The van der Waals surface area contributed by atoms with Crippen molar-refractivity contribution < 1.29 is 4.74 Å². The molecule has 1 aromatic carbocycles. The number of hydrogen-bond donors (Lipinski definition) is 1. The van der Waals surface area contributed by atoms with Gasteiger partial charge in [0.05, 0.1) is 0 Å². The van der Waals surface area contributed by atoms with E-state index in [1.165, 1.54) is 24.8 Å². The molecule has 112 valence electrons. The molecule has 0 bridgehead atoms. The van der Waals surface area contributed by atoms with Gasteiger partial charge in [-0.1, -0.05) is 32.0 Å². The molecule has 0 saturated heterocycles. The summed E-state index contributed by atoms with van der Waals surface area (Å²) in [6.45, 7) is 9.40. The summed E-state index contributed by atoms with van der Waals surface area (Å²) >= 11 is 0. The molecule has 2 rings (SSSR count). The maximum Gasteiger partial charge on any atom is 0.123 e. The van der Waals surface area contributed by atoms with Crippen LogP contribution < -0.4 is 10.1 Å². The Hall–Kier alpha value is -1.06. The Morgan fingerprint density at radius 2 is 2.00 bits per heavy atom. The van der Waals surface area contributed by atoms with Gasteiger partial charge >= 0.3 is 0 Å². The molecule has 3 nitrogen and oxygen atoms in total. The highest BCUT2D eigenvalue weighted by molar-refractivity contribution is 5.33. The Bertz CT molecular complexity index is 390. The van der Waals surface area contributed by atoms with E-state index in [-0.39, 0.29) is 0 Å². The van der Waals surface area contributed by atoms with E-state index in [9.17, 15) is 0 Å². The van der Waals surface area contributed by atoms with Crippen LogP contribution in [0, 0.1) is 0 Å². The van der Waals surface area contributed by atoms with E-state index in [0.717, 1.165) is 44.6 Å². The summed E-state index contributed by atoms with van der Waals surface area (Å²) in [5, 5.41) is 3.55. The van der Waals surface area contributed by atoms with E-state index >= 15 is 0 Å². The summed E-state index contributed by atoms with van der Waals surface area (Å²) in [5.74, 6) is 1.04. The molecule has 0 atom stereocenters. The first kappa shape index (κ1) is 15.3. The van der Waals surface area contributed by atoms with E-state index in [1.54, 1.807) is 0 Å². The van der Waals surface area contributed by atoms with Crippen LogP contribution in [-0.4, -0.2) is 37.2 Å². The molecule has 0 spiro atoms. The van der Waals surface area contributed by atoms with Crippen LogP contribution in [0.3, 0.4) is 0 Å². The van der Waals surface area contributed by atoms with Crippen LogP contribution in [-0.2, 0) is 6.54 Å². The highest BCUT2D eigenvalue weighted by atomic mass is 16.5. The van der Waals surface area contributed by atoms with Crippen molar-refractivity contribution in [3.63, 3.8) is 0 Å². The number of para-hydroxylation sites is 1. The Morgan fingerprint density at radius 3 is 2.70 bits per heavy atom. The average molecular weight is 276 g/mol. The van der Waals surface area contributed by atoms with Crippen molar-refractivity contribution in [1.29, 1.82) is 0 Å². The topological polar surface area (TPSA) is 24.5 Å². The number of ether oxygens (including phenoxy) is 1. The van der Waals surface area contributed by atoms with Crippen LogP contribution in [0.5, 0.6) is 5.75 Å². The molecule has 0 aliphatic heterocycles. The lowest BCUT2D eigenvalue weighted by Gasteiger charge is -2.20. The van der Waals surface area contributed by atoms with Crippen molar-refractivity contribution in [2.45, 2.75) is 45.7 Å². The van der Waals surface area contributed by atoms with Gasteiger partial charge in [0.15, 0.2) is 0 Å². The zero-order valence-electron chi connectivity index (χ0n) is 12.9. The summed E-state index contributed by atoms with van der Waals surface area (Å²) in [7, 11) is 0. The highest BCUT2D eigenvalue weighted by Gasteiger charge is 2.20. The van der Waals surface area contributed by atoms with Crippen LogP contribution >= 0.6 is 0 Å². The van der Waals surface area contributed by atoms with Crippen LogP contribution in [0.25, 0.3) is 0 Å². The van der Waals surface area contributed by atoms with E-state index in [4.69, 9.17) is 4.74 Å². The number of benzene rings is 1. The maximum absolute atomic E-state index is 5.99. The fourth-order valence-corrected chi connectivity index (χ4v) is 2.36. The first-order valence-electron chi connectivity index (χ1n) is 8.00. The van der Waals surface area contributed by atoms with Crippen LogP contribution in [0.4, 0.5) is 0 Å². The predicted molar refractivity (Wildman–Crippen MR) is 84.2 cm³/mol. The SMILES string of the molecule is CCCN(CC)CCOc1ccccc1CNC1CC1. The van der Waals surface area contributed by atoms with Gasteiger partial charge in [0.2, 0.25) is 0 Å². The zero-order valence-corrected chi connectivity index (χ0v) is 12.9. The lowest BCUT2D eigenvalue weighted by Crippen LogP contribution is -2.29. The van der Waals surface area contributed by atoms with Crippen molar-refractivity contribution in [3.05, 3.63) is 29.8 Å². The number of nitrogens with one attached hydrogen (secondary N) is 1. The molecule has 1 N–H and O–H groups in total. The second-order valence-electron chi connectivity index (χ2n) is 5.55. The van der Waals surface area contributed by atoms with Crippen molar-refractivity contribution in [2.75, 3.05) is 26.2 Å². The third-order valence-electron chi connectivity index (χ3n) is 3.78. The van der Waals surface area contributed by atoms with E-state index in [0.29, 0.717) is 0 Å². The normalized spacial score (nSPS) is 14.8. The number of rotatable bonds is 10. The molecular formula is C17H28N2O. The van der Waals surface area contributed by atoms with Crippen molar-refractivity contribution >= 4 is 0 Å². The third-order valence-corrected chi connectivity index (χ3v) is 3.78. The smallest absolute Gasteiger partial charge is 0.123 e. The molecule has 1 saturated carbocycles. The molecule has 0 radical (unpaired) electrons. The fraction of sp³-hybridized carbons (Fsp3) is 0.647. The Morgan fingerprint density at radius 1 is 1.20 bits per heavy atom. The largest absolute Gasteiger partial charge is 0.492 e. The molecule has 0 aromatic heterocycles. The summed E-state index contributed by atoms with van der Waals surface area (Å²) < 4.78 is 5.99. The lowest BCUT2D eigenvalue weighted by molar-refractivity contribution is 0.214. The lowest BCUT2D eigenvalue weighted by atomic mass is 10.2. The Balaban J connectivity index is 1.78. The van der Waals surface area contributed by atoms with Crippen LogP contribution in [0.1, 0.15) is 38.7 Å².